The first-order valence-corrected chi connectivity index (χ1v) is 6.37. The van der Waals surface area contributed by atoms with E-state index in [1.807, 2.05) is 6.07 Å². The minimum Gasteiger partial charge on any atom is -0.379 e. The fourth-order valence-electron chi connectivity index (χ4n) is 2.36. The lowest BCUT2D eigenvalue weighted by Gasteiger charge is -2.12. The van der Waals surface area contributed by atoms with Crippen LogP contribution in [0.5, 0.6) is 0 Å². The largest absolute Gasteiger partial charge is 0.379 e. The van der Waals surface area contributed by atoms with Crippen LogP contribution >= 0.6 is 0 Å². The maximum Gasteiger partial charge on any atom is 0.309 e. The van der Waals surface area contributed by atoms with Crippen LogP contribution in [0.2, 0.25) is 0 Å². The van der Waals surface area contributed by atoms with Crippen LogP contribution < -0.4 is 10.6 Å². The number of nitro groups is 1. The minimum atomic E-state index is -0.505. The summed E-state index contributed by atoms with van der Waals surface area (Å²) in [5.41, 5.74) is 0.375. The number of nitrogens with one attached hydrogen (secondary N) is 2. The van der Waals surface area contributed by atoms with Crippen LogP contribution in [0, 0.1) is 21.4 Å². The Morgan fingerprint density at radius 3 is 3.05 bits per heavy atom. The monoisotopic (exact) mass is 260 g/mol. The maximum atomic E-state index is 11.0. The molecule has 1 saturated heterocycles. The van der Waals surface area contributed by atoms with Crippen LogP contribution in [0.25, 0.3) is 0 Å². The van der Waals surface area contributed by atoms with E-state index in [1.54, 1.807) is 12.1 Å². The smallest absolute Gasteiger partial charge is 0.309 e. The molecule has 1 aromatic rings. The first kappa shape index (κ1) is 13.3. The molecule has 6 nitrogen and oxygen atoms in total. The normalized spacial score (nSPS) is 17.9. The Morgan fingerprint density at radius 2 is 2.42 bits per heavy atom. The van der Waals surface area contributed by atoms with E-state index in [1.165, 1.54) is 12.5 Å². The summed E-state index contributed by atoms with van der Waals surface area (Å²) in [6.07, 6.45) is 3.27. The Kier molecular flexibility index (Phi) is 4.31. The van der Waals surface area contributed by atoms with E-state index in [2.05, 4.69) is 10.6 Å². The van der Waals surface area contributed by atoms with Crippen LogP contribution in [0.1, 0.15) is 24.8 Å². The molecule has 0 saturated carbocycles. The molecule has 2 rings (SSSR count). The highest BCUT2D eigenvalue weighted by Gasteiger charge is 2.19. The van der Waals surface area contributed by atoms with Crippen molar-refractivity contribution in [3.63, 3.8) is 0 Å². The summed E-state index contributed by atoms with van der Waals surface area (Å²) in [6, 6.07) is 7.10. The van der Waals surface area contributed by atoms with Gasteiger partial charge in [0.15, 0.2) is 0 Å². The molecule has 0 bridgehead atoms. The van der Waals surface area contributed by atoms with Gasteiger partial charge in [-0.15, -0.1) is 0 Å². The van der Waals surface area contributed by atoms with Gasteiger partial charge in [-0.1, -0.05) is 6.07 Å². The van der Waals surface area contributed by atoms with E-state index >= 15 is 0 Å². The lowest BCUT2D eigenvalue weighted by atomic mass is 10.1. The van der Waals surface area contributed by atoms with Crippen LogP contribution in [0.3, 0.4) is 0 Å². The molecule has 0 aromatic heterocycles. The number of rotatable bonds is 5. The highest BCUT2D eigenvalue weighted by molar-refractivity contribution is 5.68. The summed E-state index contributed by atoms with van der Waals surface area (Å²) >= 11 is 0. The third-order valence-corrected chi connectivity index (χ3v) is 3.31. The zero-order valence-corrected chi connectivity index (χ0v) is 10.6. The Balaban J connectivity index is 2.03. The van der Waals surface area contributed by atoms with Crippen molar-refractivity contribution >= 4 is 11.4 Å². The van der Waals surface area contributed by atoms with Crippen LogP contribution in [0.15, 0.2) is 18.2 Å². The average Bonchev–Trinajstić information content (AvgIpc) is 2.91. The maximum absolute atomic E-state index is 11.0. The Labute approximate surface area is 111 Å². The van der Waals surface area contributed by atoms with Crippen LogP contribution in [0.4, 0.5) is 11.4 Å². The van der Waals surface area contributed by atoms with Gasteiger partial charge in [0.2, 0.25) is 0 Å². The van der Waals surface area contributed by atoms with Gasteiger partial charge in [-0.3, -0.25) is 10.1 Å². The number of nitrogens with zero attached hydrogens (tertiary/aromatic N) is 2. The van der Waals surface area contributed by atoms with E-state index in [-0.39, 0.29) is 11.3 Å². The molecule has 0 spiro atoms. The van der Waals surface area contributed by atoms with E-state index in [0.717, 1.165) is 19.4 Å². The molecule has 1 heterocycles. The van der Waals surface area contributed by atoms with Gasteiger partial charge in [0.05, 0.1) is 4.92 Å². The second-order valence-electron chi connectivity index (χ2n) is 4.58. The van der Waals surface area contributed by atoms with E-state index in [4.69, 9.17) is 5.26 Å². The van der Waals surface area contributed by atoms with Gasteiger partial charge in [-0.05, 0) is 37.9 Å². The highest BCUT2D eigenvalue weighted by Crippen LogP contribution is 2.28. The molecular weight excluding hydrogens is 244 g/mol. The molecule has 0 aliphatic carbocycles. The van der Waals surface area contributed by atoms with Gasteiger partial charge in [0.1, 0.15) is 17.3 Å². The summed E-state index contributed by atoms with van der Waals surface area (Å²) < 4.78 is 0. The molecule has 6 heteroatoms. The zero-order valence-electron chi connectivity index (χ0n) is 10.6. The topological polar surface area (TPSA) is 91.0 Å². The SMILES string of the molecule is N#Cc1cccc(NCCC2CCCN2)c1[N+](=O)[O-]. The number of hydrogen-bond acceptors (Lipinski definition) is 5. The molecule has 1 atom stereocenters. The summed E-state index contributed by atoms with van der Waals surface area (Å²) in [5, 5.41) is 26.4. The first-order valence-electron chi connectivity index (χ1n) is 6.37. The van der Waals surface area contributed by atoms with E-state index in [9.17, 15) is 10.1 Å². The summed E-state index contributed by atoms with van der Waals surface area (Å²) in [6.45, 7) is 1.71. The Morgan fingerprint density at radius 1 is 1.58 bits per heavy atom. The standard InChI is InChI=1S/C13H16N4O2/c14-9-10-3-1-5-12(13(10)17(18)19)16-8-6-11-4-2-7-15-11/h1,3,5,11,15-16H,2,4,6-8H2. The lowest BCUT2D eigenvalue weighted by Crippen LogP contribution is -2.24. The second-order valence-corrected chi connectivity index (χ2v) is 4.58. The molecule has 1 aliphatic heterocycles. The summed E-state index contributed by atoms with van der Waals surface area (Å²) in [5.74, 6) is 0. The molecule has 19 heavy (non-hydrogen) atoms. The molecule has 0 amide bonds. The fraction of sp³-hybridized carbons (Fsp3) is 0.462. The highest BCUT2D eigenvalue weighted by atomic mass is 16.6. The predicted octanol–water partition coefficient (Wildman–Crippen LogP) is 2.02. The number of benzene rings is 1. The third-order valence-electron chi connectivity index (χ3n) is 3.31. The van der Waals surface area contributed by atoms with Crippen LogP contribution in [-0.2, 0) is 0 Å². The molecule has 1 aromatic carbocycles. The second kappa shape index (κ2) is 6.16. The summed E-state index contributed by atoms with van der Waals surface area (Å²) in [4.78, 5) is 10.5. The quantitative estimate of drug-likeness (QED) is 0.624. The fourth-order valence-corrected chi connectivity index (χ4v) is 2.36. The molecule has 1 unspecified atom stereocenters. The first-order chi connectivity index (χ1) is 9.22. The van der Waals surface area contributed by atoms with Crippen molar-refractivity contribution < 1.29 is 4.92 Å². The number of para-hydroxylation sites is 1. The van der Waals surface area contributed by atoms with E-state index in [0.29, 0.717) is 18.3 Å². The lowest BCUT2D eigenvalue weighted by molar-refractivity contribution is -0.384. The van der Waals surface area contributed by atoms with Crippen molar-refractivity contribution in [2.24, 2.45) is 0 Å². The van der Waals surface area contributed by atoms with Gasteiger partial charge in [0, 0.05) is 12.6 Å². The zero-order chi connectivity index (χ0) is 13.7. The number of nitriles is 1. The molecule has 1 aliphatic rings. The Hall–Kier alpha value is -2.13. The molecular formula is C13H16N4O2. The third kappa shape index (κ3) is 3.20. The van der Waals surface area contributed by atoms with Crippen molar-refractivity contribution in [2.45, 2.75) is 25.3 Å². The number of nitro benzene ring substituents is 1. The molecule has 0 radical (unpaired) electrons. The predicted molar refractivity (Wildman–Crippen MR) is 71.9 cm³/mol. The van der Waals surface area contributed by atoms with Gasteiger partial charge in [0.25, 0.3) is 0 Å². The van der Waals surface area contributed by atoms with E-state index < -0.39 is 4.92 Å². The number of anilines is 1. The van der Waals surface area contributed by atoms with Gasteiger partial charge >= 0.3 is 5.69 Å². The minimum absolute atomic E-state index is 0.0917. The average molecular weight is 260 g/mol. The van der Waals surface area contributed by atoms with Gasteiger partial charge < -0.3 is 10.6 Å². The van der Waals surface area contributed by atoms with Gasteiger partial charge in [-0.25, -0.2) is 0 Å². The van der Waals surface area contributed by atoms with Gasteiger partial charge in [-0.2, -0.15) is 5.26 Å². The van der Waals surface area contributed by atoms with Crippen molar-refractivity contribution in [1.29, 1.82) is 5.26 Å². The van der Waals surface area contributed by atoms with Crippen molar-refractivity contribution in [2.75, 3.05) is 18.4 Å². The van der Waals surface area contributed by atoms with Crippen molar-refractivity contribution in [3.8, 4) is 6.07 Å². The number of hydrogen-bond donors (Lipinski definition) is 2. The van der Waals surface area contributed by atoms with Crippen LogP contribution in [-0.4, -0.2) is 24.1 Å². The van der Waals surface area contributed by atoms with Crippen molar-refractivity contribution in [1.82, 2.24) is 5.32 Å². The molecule has 100 valence electrons. The summed E-state index contributed by atoms with van der Waals surface area (Å²) in [7, 11) is 0. The molecule has 2 N–H and O–H groups in total. The molecule has 1 fully saturated rings. The Bertz CT molecular complexity index is 504. The van der Waals surface area contributed by atoms with Crippen molar-refractivity contribution in [3.05, 3.63) is 33.9 Å².